The Bertz CT molecular complexity index is 1030. The molecule has 0 fully saturated rings. The molecule has 0 saturated carbocycles. The molecule has 1 aliphatic rings. The van der Waals surface area contributed by atoms with Gasteiger partial charge in [0.2, 0.25) is 0 Å². The van der Waals surface area contributed by atoms with Gasteiger partial charge in [-0.15, -0.1) is 0 Å². The Morgan fingerprint density at radius 3 is 2.33 bits per heavy atom. The minimum absolute atomic E-state index is 0.129. The maximum Gasteiger partial charge on any atom is 0.256 e. The van der Waals surface area contributed by atoms with E-state index in [-0.39, 0.29) is 5.91 Å². The van der Waals surface area contributed by atoms with Crippen molar-refractivity contribution in [2.45, 2.75) is 6.61 Å². The van der Waals surface area contributed by atoms with Crippen molar-refractivity contribution in [2.24, 2.45) is 0 Å². The van der Waals surface area contributed by atoms with Crippen LogP contribution in [-0.2, 0) is 11.4 Å². The van der Waals surface area contributed by atoms with E-state index in [1.165, 1.54) is 0 Å². The number of hydrogen-bond acceptors (Lipinski definition) is 2. The maximum absolute atomic E-state index is 12.2. The van der Waals surface area contributed by atoms with Crippen LogP contribution in [0, 0.1) is 0 Å². The molecule has 0 spiro atoms. The van der Waals surface area contributed by atoms with Gasteiger partial charge < -0.3 is 10.1 Å². The van der Waals surface area contributed by atoms with E-state index in [1.807, 2.05) is 60.7 Å². The van der Waals surface area contributed by atoms with Crippen LogP contribution in [0.3, 0.4) is 0 Å². The molecule has 3 aromatic carbocycles. The van der Waals surface area contributed by atoms with Gasteiger partial charge >= 0.3 is 0 Å². The standard InChI is InChI=1S/C22H15Cl2NO2/c23-16-5-1-15(2-6-16)13-27-18-8-3-14(4-9-18)11-20-19-12-17(24)7-10-21(19)25-22(20)26/h1-12H,13H2,(H,25,26)/b20-11-. The smallest absolute Gasteiger partial charge is 0.256 e. The summed E-state index contributed by atoms with van der Waals surface area (Å²) in [6, 6.07) is 20.5. The highest BCUT2D eigenvalue weighted by Crippen LogP contribution is 2.35. The Morgan fingerprint density at radius 2 is 1.59 bits per heavy atom. The Kier molecular flexibility index (Phi) is 4.88. The van der Waals surface area contributed by atoms with Crippen molar-refractivity contribution in [3.05, 3.63) is 93.5 Å². The molecule has 27 heavy (non-hydrogen) atoms. The molecule has 1 amide bonds. The average Bonchev–Trinajstić information content (AvgIpc) is 2.97. The van der Waals surface area contributed by atoms with Gasteiger partial charge in [0.05, 0.1) is 0 Å². The van der Waals surface area contributed by atoms with Crippen LogP contribution < -0.4 is 10.1 Å². The largest absolute Gasteiger partial charge is 0.489 e. The number of fused-ring (bicyclic) bond motifs is 1. The molecule has 0 aromatic heterocycles. The number of rotatable bonds is 4. The first-order valence-corrected chi connectivity index (χ1v) is 9.14. The molecule has 1 heterocycles. The third-order valence-electron chi connectivity index (χ3n) is 4.27. The molecule has 4 rings (SSSR count). The maximum atomic E-state index is 12.2. The molecule has 0 radical (unpaired) electrons. The first-order chi connectivity index (χ1) is 13.1. The highest BCUT2D eigenvalue weighted by atomic mass is 35.5. The third-order valence-corrected chi connectivity index (χ3v) is 4.76. The number of amides is 1. The van der Waals surface area contributed by atoms with Gasteiger partial charge in [-0.1, -0.05) is 47.5 Å². The summed E-state index contributed by atoms with van der Waals surface area (Å²) in [6.45, 7) is 0.464. The lowest BCUT2D eigenvalue weighted by Crippen LogP contribution is -2.03. The zero-order valence-electron chi connectivity index (χ0n) is 14.2. The first kappa shape index (κ1) is 17.7. The van der Waals surface area contributed by atoms with Crippen molar-refractivity contribution < 1.29 is 9.53 Å². The molecule has 0 unspecified atom stereocenters. The van der Waals surface area contributed by atoms with Crippen LogP contribution in [0.4, 0.5) is 5.69 Å². The van der Waals surface area contributed by atoms with Crippen LogP contribution in [0.1, 0.15) is 16.7 Å². The lowest BCUT2D eigenvalue weighted by Gasteiger charge is -2.07. The Balaban J connectivity index is 1.50. The number of ether oxygens (including phenoxy) is 1. The predicted molar refractivity (Wildman–Crippen MR) is 110 cm³/mol. The van der Waals surface area contributed by atoms with E-state index in [4.69, 9.17) is 27.9 Å². The Hall–Kier alpha value is -2.75. The zero-order valence-corrected chi connectivity index (χ0v) is 15.7. The molecule has 1 aliphatic heterocycles. The molecule has 0 aliphatic carbocycles. The van der Waals surface area contributed by atoms with E-state index in [2.05, 4.69) is 5.32 Å². The number of halogens is 2. The lowest BCUT2D eigenvalue weighted by atomic mass is 10.0. The zero-order chi connectivity index (χ0) is 18.8. The molecule has 1 N–H and O–H groups in total. The summed E-state index contributed by atoms with van der Waals surface area (Å²) in [5.74, 6) is 0.627. The van der Waals surface area contributed by atoms with E-state index in [0.29, 0.717) is 22.2 Å². The summed E-state index contributed by atoms with van der Waals surface area (Å²) >= 11 is 11.9. The molecule has 5 heteroatoms. The van der Waals surface area contributed by atoms with E-state index in [9.17, 15) is 4.79 Å². The summed E-state index contributed by atoms with van der Waals surface area (Å²) < 4.78 is 5.79. The number of carbonyl (C=O) groups excluding carboxylic acids is 1. The van der Waals surface area contributed by atoms with Crippen molar-refractivity contribution in [1.29, 1.82) is 0 Å². The van der Waals surface area contributed by atoms with Gasteiger partial charge in [0.1, 0.15) is 12.4 Å². The molecule has 0 saturated heterocycles. The highest BCUT2D eigenvalue weighted by Gasteiger charge is 2.24. The second-order valence-electron chi connectivity index (χ2n) is 6.19. The number of nitrogens with one attached hydrogen (secondary N) is 1. The number of carbonyl (C=O) groups is 1. The quantitative estimate of drug-likeness (QED) is 0.544. The topological polar surface area (TPSA) is 38.3 Å². The van der Waals surface area contributed by atoms with E-state index in [1.54, 1.807) is 12.1 Å². The second kappa shape index (κ2) is 7.47. The molecular weight excluding hydrogens is 381 g/mol. The predicted octanol–water partition coefficient (Wildman–Crippen LogP) is 6.07. The fourth-order valence-electron chi connectivity index (χ4n) is 2.88. The van der Waals surface area contributed by atoms with E-state index in [0.717, 1.165) is 28.1 Å². The minimum Gasteiger partial charge on any atom is -0.489 e. The summed E-state index contributed by atoms with van der Waals surface area (Å²) in [5, 5.41) is 4.15. The van der Waals surface area contributed by atoms with Crippen LogP contribution >= 0.6 is 23.2 Å². The Morgan fingerprint density at radius 1 is 0.889 bits per heavy atom. The fourth-order valence-corrected chi connectivity index (χ4v) is 3.18. The minimum atomic E-state index is -0.129. The molecule has 3 nitrogen and oxygen atoms in total. The van der Waals surface area contributed by atoms with Gasteiger partial charge in [0.15, 0.2) is 0 Å². The first-order valence-electron chi connectivity index (χ1n) is 8.39. The lowest BCUT2D eigenvalue weighted by molar-refractivity contribution is -0.110. The van der Waals surface area contributed by atoms with Gasteiger partial charge in [0, 0.05) is 26.9 Å². The van der Waals surface area contributed by atoms with E-state index >= 15 is 0 Å². The SMILES string of the molecule is O=C1Nc2ccc(Cl)cc2/C1=C/c1ccc(OCc2ccc(Cl)cc2)cc1. The van der Waals surface area contributed by atoms with Crippen molar-refractivity contribution in [3.63, 3.8) is 0 Å². The number of hydrogen-bond donors (Lipinski definition) is 1. The van der Waals surface area contributed by atoms with Gasteiger partial charge in [0.25, 0.3) is 5.91 Å². The summed E-state index contributed by atoms with van der Waals surface area (Å²) in [7, 11) is 0. The molecule has 134 valence electrons. The highest BCUT2D eigenvalue weighted by molar-refractivity contribution is 6.36. The van der Waals surface area contributed by atoms with Crippen molar-refractivity contribution >= 4 is 46.4 Å². The van der Waals surface area contributed by atoms with Gasteiger partial charge in [-0.3, -0.25) is 4.79 Å². The van der Waals surface area contributed by atoms with Crippen LogP contribution in [0.25, 0.3) is 11.6 Å². The number of anilines is 1. The number of benzene rings is 3. The molecule has 0 atom stereocenters. The van der Waals surface area contributed by atoms with Crippen LogP contribution in [0.2, 0.25) is 10.0 Å². The molecular formula is C22H15Cl2NO2. The molecule has 3 aromatic rings. The van der Waals surface area contributed by atoms with Crippen LogP contribution in [0.5, 0.6) is 5.75 Å². The second-order valence-corrected chi connectivity index (χ2v) is 7.06. The Labute approximate surface area is 167 Å². The molecule has 0 bridgehead atoms. The van der Waals surface area contributed by atoms with Crippen LogP contribution in [0.15, 0.2) is 66.7 Å². The summed E-state index contributed by atoms with van der Waals surface area (Å²) in [5.41, 5.74) is 4.14. The summed E-state index contributed by atoms with van der Waals surface area (Å²) in [4.78, 5) is 12.2. The summed E-state index contributed by atoms with van der Waals surface area (Å²) in [6.07, 6.45) is 1.85. The van der Waals surface area contributed by atoms with Gasteiger partial charge in [-0.05, 0) is 59.7 Å². The monoisotopic (exact) mass is 395 g/mol. The van der Waals surface area contributed by atoms with Crippen molar-refractivity contribution in [1.82, 2.24) is 0 Å². The van der Waals surface area contributed by atoms with Crippen molar-refractivity contribution in [2.75, 3.05) is 5.32 Å². The third kappa shape index (κ3) is 4.00. The fraction of sp³-hybridized carbons (Fsp3) is 0.0455. The van der Waals surface area contributed by atoms with Crippen LogP contribution in [-0.4, -0.2) is 5.91 Å². The van der Waals surface area contributed by atoms with Gasteiger partial charge in [-0.2, -0.15) is 0 Å². The van der Waals surface area contributed by atoms with Crippen molar-refractivity contribution in [3.8, 4) is 5.75 Å². The van der Waals surface area contributed by atoms with E-state index < -0.39 is 0 Å². The van der Waals surface area contributed by atoms with Gasteiger partial charge in [-0.25, -0.2) is 0 Å². The average molecular weight is 396 g/mol. The normalized spacial score (nSPS) is 14.1.